The van der Waals surface area contributed by atoms with Gasteiger partial charge in [0.05, 0.1) is 22.3 Å². The average molecular weight is 745 g/mol. The van der Waals surface area contributed by atoms with Crippen LogP contribution in [0.25, 0.3) is 0 Å². The smallest absolute Gasteiger partial charge is 0.416 e. The molecular formula is C36H30F6N4O5S. The van der Waals surface area contributed by atoms with Gasteiger partial charge in [0, 0.05) is 63.7 Å². The van der Waals surface area contributed by atoms with Crippen LogP contribution >= 0.6 is 0 Å². The largest absolute Gasteiger partial charge is 0.455 e. The summed E-state index contributed by atoms with van der Waals surface area (Å²) in [6, 6.07) is 18.0. The van der Waals surface area contributed by atoms with Gasteiger partial charge in [0.2, 0.25) is 9.84 Å². The highest BCUT2D eigenvalue weighted by Gasteiger charge is 2.41. The Morgan fingerprint density at radius 3 is 1.19 bits per heavy atom. The van der Waals surface area contributed by atoms with E-state index in [2.05, 4.69) is 0 Å². The van der Waals surface area contributed by atoms with Crippen LogP contribution in [-0.4, -0.2) is 82.4 Å². The predicted octanol–water partition coefficient (Wildman–Crippen LogP) is 6.59. The van der Waals surface area contributed by atoms with Crippen LogP contribution in [-0.2, 0) is 22.2 Å². The quantitative estimate of drug-likeness (QED) is 0.192. The fourth-order valence-electron chi connectivity index (χ4n) is 6.70. The molecule has 4 aromatic rings. The Morgan fingerprint density at radius 1 is 0.519 bits per heavy atom. The van der Waals surface area contributed by atoms with Crippen LogP contribution in [0, 0.1) is 0 Å². The molecule has 2 fully saturated rings. The van der Waals surface area contributed by atoms with Gasteiger partial charge in [-0.25, -0.2) is 8.42 Å². The molecule has 7 rings (SSSR count). The number of carbonyl (C=O) groups excluding carboxylic acids is 2. The molecule has 0 unspecified atom stereocenters. The van der Waals surface area contributed by atoms with Gasteiger partial charge in [0.15, 0.2) is 0 Å². The molecule has 0 bridgehead atoms. The fraction of sp³-hybridized carbons (Fsp3) is 0.278. The molecule has 3 aliphatic rings. The van der Waals surface area contributed by atoms with E-state index in [4.69, 9.17) is 4.74 Å². The summed E-state index contributed by atoms with van der Waals surface area (Å²) >= 11 is 0. The standard InChI is InChI=1S/C36H30F6N4O5S/c37-35(38,39)23-7-11-25(12-8-23)43-15-19-45(20-16-43)33(47)27-3-1-5-29-31(27)52(49,50)32-28(4-2-6-30(32)51-29)34(48)46-21-17-44(18-22-46)26-13-9-24(10-14-26)36(40,41)42/h1-14H,15-22H2. The Labute approximate surface area is 294 Å². The maximum Gasteiger partial charge on any atom is 0.416 e. The van der Waals surface area contributed by atoms with Crippen molar-refractivity contribution in [3.63, 3.8) is 0 Å². The third-order valence-electron chi connectivity index (χ3n) is 9.43. The summed E-state index contributed by atoms with van der Waals surface area (Å²) in [5.74, 6) is -1.31. The minimum absolute atomic E-state index is 0.0727. The number of sulfone groups is 1. The summed E-state index contributed by atoms with van der Waals surface area (Å²) in [6.45, 7) is 1.86. The van der Waals surface area contributed by atoms with Gasteiger partial charge in [-0.15, -0.1) is 0 Å². The van der Waals surface area contributed by atoms with E-state index in [1.54, 1.807) is 0 Å². The molecule has 0 atom stereocenters. The highest BCUT2D eigenvalue weighted by atomic mass is 32.2. The summed E-state index contributed by atoms with van der Waals surface area (Å²) in [4.78, 5) is 33.6. The second kappa shape index (κ2) is 13.1. The van der Waals surface area contributed by atoms with Crippen molar-refractivity contribution in [2.45, 2.75) is 22.1 Å². The lowest BCUT2D eigenvalue weighted by Gasteiger charge is -2.37. The van der Waals surface area contributed by atoms with Crippen LogP contribution in [0.3, 0.4) is 0 Å². The topological polar surface area (TPSA) is 90.5 Å². The number of hydrogen-bond donors (Lipinski definition) is 0. The van der Waals surface area contributed by atoms with E-state index in [1.165, 1.54) is 70.5 Å². The minimum atomic E-state index is -4.49. The van der Waals surface area contributed by atoms with Crippen LogP contribution < -0.4 is 14.5 Å². The van der Waals surface area contributed by atoms with E-state index < -0.39 is 45.1 Å². The van der Waals surface area contributed by atoms with Crippen LogP contribution in [0.1, 0.15) is 31.8 Å². The number of rotatable bonds is 4. The molecule has 9 nitrogen and oxygen atoms in total. The lowest BCUT2D eigenvalue weighted by Crippen LogP contribution is -2.49. The predicted molar refractivity (Wildman–Crippen MR) is 178 cm³/mol. The van der Waals surface area contributed by atoms with Crippen molar-refractivity contribution in [2.75, 3.05) is 62.2 Å². The first-order valence-electron chi connectivity index (χ1n) is 16.2. The molecule has 4 aromatic carbocycles. The van der Waals surface area contributed by atoms with Gasteiger partial charge < -0.3 is 24.3 Å². The molecular weight excluding hydrogens is 714 g/mol. The Morgan fingerprint density at radius 2 is 0.865 bits per heavy atom. The molecule has 0 aromatic heterocycles. The monoisotopic (exact) mass is 744 g/mol. The summed E-state index contributed by atoms with van der Waals surface area (Å²) in [5, 5.41) is 0. The lowest BCUT2D eigenvalue weighted by molar-refractivity contribution is -0.138. The third kappa shape index (κ3) is 6.50. The van der Waals surface area contributed by atoms with E-state index in [9.17, 15) is 44.3 Å². The van der Waals surface area contributed by atoms with E-state index in [0.29, 0.717) is 37.6 Å². The zero-order chi connectivity index (χ0) is 37.0. The Balaban J connectivity index is 1.08. The lowest BCUT2D eigenvalue weighted by atomic mass is 10.1. The van der Waals surface area contributed by atoms with Crippen molar-refractivity contribution >= 4 is 33.0 Å². The first kappa shape index (κ1) is 35.2. The summed E-state index contributed by atoms with van der Waals surface area (Å²) in [7, 11) is -4.49. The van der Waals surface area contributed by atoms with Crippen LogP contribution in [0.5, 0.6) is 11.5 Å². The molecule has 0 N–H and O–H groups in total. The highest BCUT2D eigenvalue weighted by Crippen LogP contribution is 2.46. The number of amides is 2. The first-order chi connectivity index (χ1) is 24.6. The van der Waals surface area contributed by atoms with Gasteiger partial charge in [0.25, 0.3) is 11.8 Å². The second-order valence-electron chi connectivity index (χ2n) is 12.5. The number of nitrogens with zero attached hydrogens (tertiary/aromatic N) is 4. The Kier molecular flexibility index (Phi) is 8.83. The molecule has 2 amide bonds. The third-order valence-corrected chi connectivity index (χ3v) is 11.3. The highest BCUT2D eigenvalue weighted by molar-refractivity contribution is 7.92. The van der Waals surface area contributed by atoms with Crippen molar-refractivity contribution in [2.24, 2.45) is 0 Å². The number of halogens is 6. The summed E-state index contributed by atoms with van der Waals surface area (Å²) in [5.41, 5.74) is -0.705. The number of ether oxygens (including phenoxy) is 1. The van der Waals surface area contributed by atoms with E-state index in [0.717, 1.165) is 24.3 Å². The number of fused-ring (bicyclic) bond motifs is 2. The average Bonchev–Trinajstić information content (AvgIpc) is 3.13. The molecule has 2 saturated heterocycles. The second-order valence-corrected chi connectivity index (χ2v) is 14.3. The molecule has 272 valence electrons. The Bertz CT molecular complexity index is 1980. The number of alkyl halides is 6. The number of anilines is 2. The van der Waals surface area contributed by atoms with Gasteiger partial charge in [0.1, 0.15) is 21.3 Å². The van der Waals surface area contributed by atoms with E-state index >= 15 is 0 Å². The van der Waals surface area contributed by atoms with Crippen molar-refractivity contribution in [3.8, 4) is 11.5 Å². The minimum Gasteiger partial charge on any atom is -0.455 e. The molecule has 3 aliphatic heterocycles. The summed E-state index contributed by atoms with van der Waals surface area (Å²) in [6.07, 6.45) is -8.93. The normalized spacial score (nSPS) is 17.3. The van der Waals surface area contributed by atoms with Crippen LogP contribution in [0.15, 0.2) is 94.7 Å². The van der Waals surface area contributed by atoms with Gasteiger partial charge >= 0.3 is 12.4 Å². The number of carbonyl (C=O) groups is 2. The van der Waals surface area contributed by atoms with Crippen LogP contribution in [0.4, 0.5) is 37.7 Å². The van der Waals surface area contributed by atoms with E-state index in [-0.39, 0.29) is 58.6 Å². The Hall–Kier alpha value is -5.25. The fourth-order valence-corrected chi connectivity index (χ4v) is 8.55. The molecule has 0 aliphatic carbocycles. The summed E-state index contributed by atoms with van der Waals surface area (Å²) < 4.78 is 113. The molecule has 16 heteroatoms. The number of benzene rings is 4. The van der Waals surface area contributed by atoms with Gasteiger partial charge in [-0.3, -0.25) is 9.59 Å². The molecule has 0 saturated carbocycles. The molecule has 52 heavy (non-hydrogen) atoms. The maximum absolute atomic E-state index is 14.4. The number of hydrogen-bond acceptors (Lipinski definition) is 7. The van der Waals surface area contributed by atoms with Crippen molar-refractivity contribution in [3.05, 3.63) is 107 Å². The van der Waals surface area contributed by atoms with Crippen molar-refractivity contribution in [1.29, 1.82) is 0 Å². The van der Waals surface area contributed by atoms with Gasteiger partial charge in [-0.2, -0.15) is 26.3 Å². The molecule has 3 heterocycles. The van der Waals surface area contributed by atoms with Gasteiger partial charge in [-0.1, -0.05) is 12.1 Å². The maximum atomic E-state index is 14.4. The SMILES string of the molecule is O=C(c1cccc2c1S(=O)(=O)c1c(cccc1C(=O)N1CCN(c3ccc(C(F)(F)F)cc3)CC1)O2)N1CCN(c2ccc(C(F)(F)F)cc2)CC1. The molecule has 0 radical (unpaired) electrons. The van der Waals surface area contributed by atoms with Crippen molar-refractivity contribution in [1.82, 2.24) is 9.80 Å². The molecule has 0 spiro atoms. The van der Waals surface area contributed by atoms with Crippen LogP contribution in [0.2, 0.25) is 0 Å². The van der Waals surface area contributed by atoms with E-state index in [1.807, 2.05) is 9.80 Å². The zero-order valence-corrected chi connectivity index (χ0v) is 28.1. The van der Waals surface area contributed by atoms with Crippen molar-refractivity contribution < 1.29 is 49.1 Å². The number of piperazine rings is 2. The zero-order valence-electron chi connectivity index (χ0n) is 27.2. The van der Waals surface area contributed by atoms with Gasteiger partial charge in [-0.05, 0) is 72.8 Å². The first-order valence-corrected chi connectivity index (χ1v) is 17.7.